The number of pyridine rings is 1. The van der Waals surface area contributed by atoms with Crippen molar-refractivity contribution in [2.75, 3.05) is 31.2 Å². The highest BCUT2D eigenvalue weighted by molar-refractivity contribution is 9.10. The van der Waals surface area contributed by atoms with Crippen molar-refractivity contribution in [2.45, 2.75) is 25.4 Å². The molecule has 0 spiro atoms. The van der Waals surface area contributed by atoms with Gasteiger partial charge in [0.25, 0.3) is 0 Å². The van der Waals surface area contributed by atoms with Gasteiger partial charge < -0.3 is 19.1 Å². The molecule has 0 bridgehead atoms. The van der Waals surface area contributed by atoms with Crippen molar-refractivity contribution in [3.63, 3.8) is 0 Å². The number of nitrogens with zero attached hydrogens (tertiary/aromatic N) is 3. The second kappa shape index (κ2) is 5.26. The zero-order valence-corrected chi connectivity index (χ0v) is 13.3. The molecule has 2 aliphatic rings. The van der Waals surface area contributed by atoms with Gasteiger partial charge in [-0.2, -0.15) is 0 Å². The first kappa shape index (κ1) is 13.5. The summed E-state index contributed by atoms with van der Waals surface area (Å²) in [5.74, 6) is 0. The first-order valence-corrected chi connectivity index (χ1v) is 8.22. The van der Waals surface area contributed by atoms with Crippen molar-refractivity contribution < 1.29 is 9.84 Å². The number of aliphatic hydroxyl groups is 1. The Bertz CT molecular complexity index is 679. The number of rotatable bonds is 1. The van der Waals surface area contributed by atoms with Gasteiger partial charge in [0.15, 0.2) is 5.65 Å². The van der Waals surface area contributed by atoms with Gasteiger partial charge >= 0.3 is 0 Å². The van der Waals surface area contributed by atoms with E-state index < -0.39 is 0 Å². The average molecular weight is 352 g/mol. The van der Waals surface area contributed by atoms with Crippen molar-refractivity contribution in [2.24, 2.45) is 0 Å². The summed E-state index contributed by atoms with van der Waals surface area (Å²) in [4.78, 5) is 7.18. The fraction of sp³-hybridized carbons (Fsp3) is 0.533. The molecule has 0 radical (unpaired) electrons. The molecular formula is C15H18BrN3O2. The molecule has 0 saturated carbocycles. The van der Waals surface area contributed by atoms with Crippen LogP contribution in [0.5, 0.6) is 0 Å². The molecule has 1 saturated heterocycles. The third-order valence-corrected chi connectivity index (χ3v) is 4.78. The SMILES string of the molecule is OC1CCc2nc3c(N4CCOCC4)cc(Br)cn3c2C1. The van der Waals surface area contributed by atoms with Crippen LogP contribution < -0.4 is 4.90 Å². The van der Waals surface area contributed by atoms with Gasteiger partial charge in [-0.05, 0) is 34.8 Å². The number of aryl methyl sites for hydroxylation is 1. The summed E-state index contributed by atoms with van der Waals surface area (Å²) in [5, 5.41) is 9.94. The van der Waals surface area contributed by atoms with Gasteiger partial charge in [0, 0.05) is 35.9 Å². The largest absolute Gasteiger partial charge is 0.393 e. The van der Waals surface area contributed by atoms with Crippen LogP contribution in [0.4, 0.5) is 5.69 Å². The maximum absolute atomic E-state index is 9.94. The third kappa shape index (κ3) is 2.35. The third-order valence-electron chi connectivity index (χ3n) is 4.34. The maximum atomic E-state index is 9.94. The standard InChI is InChI=1S/C15H18BrN3O2/c16-10-7-14(18-3-5-21-6-4-18)15-17-12-2-1-11(20)8-13(12)19(15)9-10/h7,9,11,20H,1-6,8H2. The maximum Gasteiger partial charge on any atom is 0.161 e. The van der Waals surface area contributed by atoms with Crippen molar-refractivity contribution in [3.05, 3.63) is 28.1 Å². The second-order valence-electron chi connectivity index (χ2n) is 5.74. The Morgan fingerprint density at radius 3 is 2.95 bits per heavy atom. The molecule has 4 rings (SSSR count). The molecule has 1 aliphatic carbocycles. The number of imidazole rings is 1. The first-order valence-electron chi connectivity index (χ1n) is 7.42. The Labute approximate surface area is 131 Å². The van der Waals surface area contributed by atoms with E-state index in [1.807, 2.05) is 0 Å². The Morgan fingerprint density at radius 2 is 2.14 bits per heavy atom. The number of aliphatic hydroxyl groups excluding tert-OH is 1. The van der Waals surface area contributed by atoms with E-state index in [1.165, 1.54) is 0 Å². The molecule has 112 valence electrons. The monoisotopic (exact) mass is 351 g/mol. The summed E-state index contributed by atoms with van der Waals surface area (Å²) in [6.07, 6.45) is 4.17. The molecule has 0 aromatic carbocycles. The molecule has 1 atom stereocenters. The van der Waals surface area contributed by atoms with Gasteiger partial charge in [-0.25, -0.2) is 4.98 Å². The number of ether oxygens (including phenoxy) is 1. The van der Waals surface area contributed by atoms with E-state index in [0.29, 0.717) is 6.42 Å². The lowest BCUT2D eigenvalue weighted by Crippen LogP contribution is -2.36. The lowest BCUT2D eigenvalue weighted by atomic mass is 9.98. The number of hydrogen-bond donors (Lipinski definition) is 1. The van der Waals surface area contributed by atoms with Crippen LogP contribution in [0, 0.1) is 0 Å². The summed E-state index contributed by atoms with van der Waals surface area (Å²) >= 11 is 3.61. The molecule has 1 N–H and O–H groups in total. The van der Waals surface area contributed by atoms with Gasteiger partial charge in [-0.15, -0.1) is 0 Å². The number of hydrogen-bond acceptors (Lipinski definition) is 4. The van der Waals surface area contributed by atoms with E-state index in [0.717, 1.165) is 66.3 Å². The van der Waals surface area contributed by atoms with Gasteiger partial charge in [-0.3, -0.25) is 0 Å². The predicted molar refractivity (Wildman–Crippen MR) is 84.0 cm³/mol. The van der Waals surface area contributed by atoms with Gasteiger partial charge in [0.1, 0.15) is 0 Å². The van der Waals surface area contributed by atoms with Gasteiger partial charge in [0.05, 0.1) is 30.7 Å². The molecule has 1 aliphatic heterocycles. The molecule has 5 nitrogen and oxygen atoms in total. The summed E-state index contributed by atoms with van der Waals surface area (Å²) in [5.41, 5.74) is 4.43. The highest BCUT2D eigenvalue weighted by Gasteiger charge is 2.24. The van der Waals surface area contributed by atoms with Crippen LogP contribution in [0.2, 0.25) is 0 Å². The van der Waals surface area contributed by atoms with E-state index >= 15 is 0 Å². The molecule has 0 amide bonds. The summed E-state index contributed by atoms with van der Waals surface area (Å²) in [7, 11) is 0. The summed E-state index contributed by atoms with van der Waals surface area (Å²) in [6, 6.07) is 2.13. The van der Waals surface area contributed by atoms with Crippen LogP contribution in [0.1, 0.15) is 17.8 Å². The van der Waals surface area contributed by atoms with Crippen molar-refractivity contribution in [1.82, 2.24) is 9.38 Å². The first-order chi connectivity index (χ1) is 10.2. The molecule has 3 heterocycles. The van der Waals surface area contributed by atoms with Crippen LogP contribution in [0.15, 0.2) is 16.7 Å². The molecule has 2 aromatic rings. The van der Waals surface area contributed by atoms with Crippen LogP contribution >= 0.6 is 15.9 Å². The minimum atomic E-state index is -0.247. The fourth-order valence-corrected chi connectivity index (χ4v) is 3.69. The summed E-state index contributed by atoms with van der Waals surface area (Å²) in [6.45, 7) is 3.31. The Balaban J connectivity index is 1.87. The van der Waals surface area contributed by atoms with E-state index in [4.69, 9.17) is 9.72 Å². The average Bonchev–Trinajstić information content (AvgIpc) is 2.85. The van der Waals surface area contributed by atoms with Crippen molar-refractivity contribution in [1.29, 1.82) is 0 Å². The predicted octanol–water partition coefficient (Wildman–Crippen LogP) is 1.78. The zero-order valence-electron chi connectivity index (χ0n) is 11.8. The van der Waals surface area contributed by atoms with E-state index in [-0.39, 0.29) is 6.10 Å². The zero-order chi connectivity index (χ0) is 14.4. The molecule has 1 fully saturated rings. The van der Waals surface area contributed by atoms with E-state index in [2.05, 4.69) is 37.5 Å². The molecule has 21 heavy (non-hydrogen) atoms. The topological polar surface area (TPSA) is 50.0 Å². The van der Waals surface area contributed by atoms with Gasteiger partial charge in [0.2, 0.25) is 0 Å². The lowest BCUT2D eigenvalue weighted by Gasteiger charge is -2.29. The minimum absolute atomic E-state index is 0.247. The highest BCUT2D eigenvalue weighted by Crippen LogP contribution is 2.31. The Kier molecular flexibility index (Phi) is 3.40. The summed E-state index contributed by atoms with van der Waals surface area (Å²) < 4.78 is 8.63. The Morgan fingerprint density at radius 1 is 1.33 bits per heavy atom. The Hall–Kier alpha value is -1.11. The van der Waals surface area contributed by atoms with Crippen LogP contribution in [-0.4, -0.2) is 46.9 Å². The number of anilines is 1. The van der Waals surface area contributed by atoms with Crippen molar-refractivity contribution >= 4 is 27.3 Å². The van der Waals surface area contributed by atoms with Crippen LogP contribution in [0.3, 0.4) is 0 Å². The van der Waals surface area contributed by atoms with E-state index in [1.54, 1.807) is 0 Å². The molecule has 6 heteroatoms. The molecular weight excluding hydrogens is 334 g/mol. The quantitative estimate of drug-likeness (QED) is 0.850. The van der Waals surface area contributed by atoms with Crippen LogP contribution in [-0.2, 0) is 17.6 Å². The number of fused-ring (bicyclic) bond motifs is 3. The van der Waals surface area contributed by atoms with Crippen molar-refractivity contribution in [3.8, 4) is 0 Å². The number of halogens is 1. The number of aromatic nitrogens is 2. The number of morpholine rings is 1. The fourth-order valence-electron chi connectivity index (χ4n) is 3.27. The second-order valence-corrected chi connectivity index (χ2v) is 6.65. The van der Waals surface area contributed by atoms with E-state index in [9.17, 15) is 5.11 Å². The van der Waals surface area contributed by atoms with Gasteiger partial charge in [-0.1, -0.05) is 0 Å². The lowest BCUT2D eigenvalue weighted by molar-refractivity contribution is 0.123. The minimum Gasteiger partial charge on any atom is -0.393 e. The van der Waals surface area contributed by atoms with Crippen LogP contribution in [0.25, 0.3) is 5.65 Å². The molecule has 1 unspecified atom stereocenters. The normalized spacial score (nSPS) is 22.6. The molecule has 2 aromatic heterocycles. The smallest absolute Gasteiger partial charge is 0.161 e. The highest BCUT2D eigenvalue weighted by atomic mass is 79.9.